The molecular formula is C17H22N2O3S2. The number of carbonyl (C=O) groups is 1. The number of carbonyl (C=O) groups excluding carboxylic acids is 1. The van der Waals surface area contributed by atoms with E-state index >= 15 is 0 Å². The highest BCUT2D eigenvalue weighted by molar-refractivity contribution is 8.16. The zero-order valence-corrected chi connectivity index (χ0v) is 15.8. The van der Waals surface area contributed by atoms with Crippen LogP contribution in [0.4, 0.5) is 5.69 Å². The highest BCUT2D eigenvalue weighted by Crippen LogP contribution is 2.41. The fourth-order valence-electron chi connectivity index (χ4n) is 3.12. The van der Waals surface area contributed by atoms with Crippen LogP contribution in [0.2, 0.25) is 0 Å². The van der Waals surface area contributed by atoms with Gasteiger partial charge >= 0.3 is 0 Å². The second-order valence-corrected chi connectivity index (χ2v) is 9.84. The van der Waals surface area contributed by atoms with E-state index in [1.807, 2.05) is 43.9 Å². The second kappa shape index (κ2) is 6.52. The van der Waals surface area contributed by atoms with Crippen molar-refractivity contribution in [3.05, 3.63) is 29.3 Å². The molecule has 0 spiro atoms. The van der Waals surface area contributed by atoms with E-state index in [-0.39, 0.29) is 28.7 Å². The molecule has 0 saturated carbocycles. The van der Waals surface area contributed by atoms with Gasteiger partial charge in [-0.05, 0) is 43.5 Å². The molecule has 2 saturated heterocycles. The van der Waals surface area contributed by atoms with E-state index in [0.29, 0.717) is 11.6 Å². The standard InChI is InChI=1S/C17H22N2O3S2/c1-4-5-16(20)18-17-19(13-7-6-11(2)12(3)8-13)14-9-24(21,22)10-15(14)23-17/h6-8,14-15H,4-5,9-10H2,1-3H3/t14-,15+/m1/s1. The summed E-state index contributed by atoms with van der Waals surface area (Å²) in [5.74, 6) is 0.139. The number of amides is 1. The first-order valence-corrected chi connectivity index (χ1v) is 10.9. The first-order chi connectivity index (χ1) is 11.3. The number of amidine groups is 1. The maximum absolute atomic E-state index is 12.0. The summed E-state index contributed by atoms with van der Waals surface area (Å²) < 4.78 is 24.1. The third kappa shape index (κ3) is 3.37. The van der Waals surface area contributed by atoms with Crippen molar-refractivity contribution in [2.75, 3.05) is 16.4 Å². The normalized spacial score (nSPS) is 26.8. The lowest BCUT2D eigenvalue weighted by Crippen LogP contribution is -2.37. The Bertz CT molecular complexity index is 802. The molecule has 0 aliphatic carbocycles. The van der Waals surface area contributed by atoms with E-state index in [2.05, 4.69) is 4.99 Å². The number of anilines is 1. The largest absolute Gasteiger partial charge is 0.316 e. The van der Waals surface area contributed by atoms with E-state index < -0.39 is 9.84 Å². The lowest BCUT2D eigenvalue weighted by Gasteiger charge is -2.25. The van der Waals surface area contributed by atoms with Gasteiger partial charge in [0, 0.05) is 17.4 Å². The molecule has 0 aromatic heterocycles. The van der Waals surface area contributed by atoms with E-state index in [1.165, 1.54) is 17.3 Å². The lowest BCUT2D eigenvalue weighted by atomic mass is 10.1. The summed E-state index contributed by atoms with van der Waals surface area (Å²) in [5.41, 5.74) is 3.24. The van der Waals surface area contributed by atoms with Gasteiger partial charge in [-0.25, -0.2) is 8.42 Å². The zero-order valence-electron chi connectivity index (χ0n) is 14.2. The maximum atomic E-state index is 12.0. The smallest absolute Gasteiger partial charge is 0.248 e. The van der Waals surface area contributed by atoms with Crippen LogP contribution in [0.5, 0.6) is 0 Å². The number of rotatable bonds is 3. The van der Waals surface area contributed by atoms with Gasteiger partial charge in [-0.2, -0.15) is 4.99 Å². The molecule has 2 fully saturated rings. The van der Waals surface area contributed by atoms with Gasteiger partial charge in [0.05, 0.1) is 17.5 Å². The summed E-state index contributed by atoms with van der Waals surface area (Å²) in [5, 5.41) is 0.589. The molecule has 0 unspecified atom stereocenters. The molecule has 5 nitrogen and oxygen atoms in total. The molecule has 1 aromatic rings. The van der Waals surface area contributed by atoms with Gasteiger partial charge in [0.15, 0.2) is 15.0 Å². The Hall–Kier alpha value is -1.34. The van der Waals surface area contributed by atoms with Crippen molar-refractivity contribution in [2.24, 2.45) is 4.99 Å². The van der Waals surface area contributed by atoms with Crippen LogP contribution in [0, 0.1) is 13.8 Å². The molecule has 1 aromatic carbocycles. The molecule has 1 amide bonds. The Kier molecular flexibility index (Phi) is 4.75. The summed E-state index contributed by atoms with van der Waals surface area (Å²) >= 11 is 1.43. The predicted octanol–water partition coefficient (Wildman–Crippen LogP) is 2.70. The van der Waals surface area contributed by atoms with Crippen molar-refractivity contribution in [3.8, 4) is 0 Å². The molecule has 130 valence electrons. The highest BCUT2D eigenvalue weighted by Gasteiger charge is 2.49. The Balaban J connectivity index is 2.01. The number of nitrogens with zero attached hydrogens (tertiary/aromatic N) is 2. The van der Waals surface area contributed by atoms with Crippen LogP contribution in [0.15, 0.2) is 23.2 Å². The Morgan fingerprint density at radius 1 is 1.29 bits per heavy atom. The molecule has 2 atom stereocenters. The van der Waals surface area contributed by atoms with Crippen LogP contribution in [-0.2, 0) is 14.6 Å². The van der Waals surface area contributed by atoms with Gasteiger partial charge in [-0.3, -0.25) is 4.79 Å². The number of benzene rings is 1. The average molecular weight is 367 g/mol. The van der Waals surface area contributed by atoms with Gasteiger partial charge in [-0.1, -0.05) is 24.8 Å². The minimum atomic E-state index is -3.03. The van der Waals surface area contributed by atoms with Gasteiger partial charge < -0.3 is 4.90 Å². The average Bonchev–Trinajstić information content (AvgIpc) is 2.93. The molecule has 2 heterocycles. The summed E-state index contributed by atoms with van der Waals surface area (Å²) in [6.07, 6.45) is 1.17. The topological polar surface area (TPSA) is 66.8 Å². The van der Waals surface area contributed by atoms with Crippen molar-refractivity contribution in [2.45, 2.75) is 44.9 Å². The Morgan fingerprint density at radius 3 is 2.71 bits per heavy atom. The third-order valence-electron chi connectivity index (χ3n) is 4.52. The van der Waals surface area contributed by atoms with Crippen molar-refractivity contribution in [1.29, 1.82) is 0 Å². The van der Waals surface area contributed by atoms with Gasteiger partial charge in [0.1, 0.15) is 0 Å². The molecule has 0 bridgehead atoms. The van der Waals surface area contributed by atoms with Crippen LogP contribution in [0.25, 0.3) is 0 Å². The van der Waals surface area contributed by atoms with E-state index in [9.17, 15) is 13.2 Å². The number of aryl methyl sites for hydroxylation is 2. The molecule has 2 aliphatic heterocycles. The summed E-state index contributed by atoms with van der Waals surface area (Å²) in [6.45, 7) is 6.02. The van der Waals surface area contributed by atoms with Crippen LogP contribution >= 0.6 is 11.8 Å². The number of hydrogen-bond acceptors (Lipinski definition) is 4. The minimum Gasteiger partial charge on any atom is -0.316 e. The summed E-state index contributed by atoms with van der Waals surface area (Å²) in [7, 11) is -3.03. The molecular weight excluding hydrogens is 344 g/mol. The SMILES string of the molecule is CCCC(=O)N=C1S[C@H]2CS(=O)(=O)C[C@H]2N1c1ccc(C)c(C)c1. The first-order valence-electron chi connectivity index (χ1n) is 8.16. The van der Waals surface area contributed by atoms with Crippen LogP contribution < -0.4 is 4.90 Å². The molecule has 2 aliphatic rings. The fourth-order valence-corrected chi connectivity index (χ4v) is 7.05. The second-order valence-electron chi connectivity index (χ2n) is 6.48. The summed E-state index contributed by atoms with van der Waals surface area (Å²) in [4.78, 5) is 18.2. The van der Waals surface area contributed by atoms with Gasteiger partial charge in [0.25, 0.3) is 0 Å². The number of fused-ring (bicyclic) bond motifs is 1. The summed E-state index contributed by atoms with van der Waals surface area (Å²) in [6, 6.07) is 5.91. The molecule has 0 radical (unpaired) electrons. The Labute approximate surface area is 147 Å². The van der Waals surface area contributed by atoms with Crippen molar-refractivity contribution >= 4 is 38.4 Å². The quantitative estimate of drug-likeness (QED) is 0.823. The molecule has 0 N–H and O–H groups in total. The third-order valence-corrected chi connectivity index (χ3v) is 7.73. The monoisotopic (exact) mass is 366 g/mol. The van der Waals surface area contributed by atoms with Crippen molar-refractivity contribution < 1.29 is 13.2 Å². The van der Waals surface area contributed by atoms with Crippen molar-refractivity contribution in [1.82, 2.24) is 0 Å². The number of aliphatic imine (C=N–C) groups is 1. The zero-order chi connectivity index (χ0) is 17.5. The van der Waals surface area contributed by atoms with Crippen LogP contribution in [0.3, 0.4) is 0 Å². The van der Waals surface area contributed by atoms with Crippen molar-refractivity contribution in [3.63, 3.8) is 0 Å². The maximum Gasteiger partial charge on any atom is 0.248 e. The number of thioether (sulfide) groups is 1. The molecule has 3 rings (SSSR count). The predicted molar refractivity (Wildman–Crippen MR) is 99.6 cm³/mol. The molecule has 7 heteroatoms. The fraction of sp³-hybridized carbons (Fsp3) is 0.529. The lowest BCUT2D eigenvalue weighted by molar-refractivity contribution is -0.117. The minimum absolute atomic E-state index is 0.0511. The number of hydrogen-bond donors (Lipinski definition) is 0. The van der Waals surface area contributed by atoms with Gasteiger partial charge in [0.2, 0.25) is 5.91 Å². The van der Waals surface area contributed by atoms with Gasteiger partial charge in [-0.15, -0.1) is 0 Å². The van der Waals surface area contributed by atoms with E-state index in [4.69, 9.17) is 0 Å². The number of sulfone groups is 1. The Morgan fingerprint density at radius 2 is 2.04 bits per heavy atom. The first kappa shape index (κ1) is 17.5. The van der Waals surface area contributed by atoms with Crippen LogP contribution in [-0.4, -0.2) is 42.3 Å². The molecule has 24 heavy (non-hydrogen) atoms. The van der Waals surface area contributed by atoms with E-state index in [1.54, 1.807) is 0 Å². The van der Waals surface area contributed by atoms with Crippen LogP contribution in [0.1, 0.15) is 30.9 Å². The van der Waals surface area contributed by atoms with E-state index in [0.717, 1.165) is 17.7 Å². The highest BCUT2D eigenvalue weighted by atomic mass is 32.2.